The third kappa shape index (κ3) is 21.2. The van der Waals surface area contributed by atoms with Crippen molar-refractivity contribution >= 4 is 11.9 Å². The second-order valence-corrected chi connectivity index (χ2v) is 6.72. The molecule has 0 aliphatic heterocycles. The summed E-state index contributed by atoms with van der Waals surface area (Å²) in [6.45, 7) is 16.8. The maximum atomic E-state index is 11.0. The standard InChI is InChI=1S/C8H18N2O.C8H17NO/c1-6(2)5-9-8(11)10-7(3)4;1-6(2)5-8(10)9-7(3)4/h6-7H,5H2,1-4H3,(H2,9,10,11);6-7H,5H2,1-4H3,(H,9,10). The van der Waals surface area contributed by atoms with Crippen LogP contribution >= 0.6 is 0 Å². The Morgan fingerprint density at radius 1 is 0.762 bits per heavy atom. The first-order valence-corrected chi connectivity index (χ1v) is 7.88. The fourth-order valence-electron chi connectivity index (χ4n) is 1.36. The van der Waals surface area contributed by atoms with Crippen molar-refractivity contribution < 1.29 is 9.59 Å². The molecule has 0 aliphatic rings. The van der Waals surface area contributed by atoms with E-state index in [1.54, 1.807) is 0 Å². The Morgan fingerprint density at radius 3 is 1.57 bits per heavy atom. The van der Waals surface area contributed by atoms with Crippen LogP contribution in [0, 0.1) is 11.8 Å². The zero-order valence-corrected chi connectivity index (χ0v) is 15.0. The van der Waals surface area contributed by atoms with Gasteiger partial charge in [0.05, 0.1) is 0 Å². The van der Waals surface area contributed by atoms with Crippen LogP contribution in [0.1, 0.15) is 61.8 Å². The monoisotopic (exact) mass is 301 g/mol. The molecule has 0 rings (SSSR count). The average Bonchev–Trinajstić information content (AvgIpc) is 2.23. The van der Waals surface area contributed by atoms with E-state index < -0.39 is 0 Å². The lowest BCUT2D eigenvalue weighted by Crippen LogP contribution is -2.40. The molecule has 3 N–H and O–H groups in total. The van der Waals surface area contributed by atoms with Crippen molar-refractivity contribution in [2.45, 2.75) is 73.9 Å². The van der Waals surface area contributed by atoms with Crippen LogP contribution in [0.25, 0.3) is 0 Å². The molecule has 5 heteroatoms. The minimum Gasteiger partial charge on any atom is -0.354 e. The highest BCUT2D eigenvalue weighted by atomic mass is 16.2. The van der Waals surface area contributed by atoms with Crippen LogP contribution in [0.15, 0.2) is 0 Å². The number of hydrogen-bond donors (Lipinski definition) is 3. The van der Waals surface area contributed by atoms with Gasteiger partial charge in [-0.2, -0.15) is 0 Å². The Balaban J connectivity index is 0. The summed E-state index contributed by atoms with van der Waals surface area (Å²) in [5.41, 5.74) is 0. The van der Waals surface area contributed by atoms with Gasteiger partial charge in [-0.15, -0.1) is 0 Å². The molecule has 0 bridgehead atoms. The number of amides is 3. The molecule has 0 radical (unpaired) electrons. The summed E-state index contributed by atoms with van der Waals surface area (Å²) in [7, 11) is 0. The Kier molecular flexibility index (Phi) is 13.1. The number of hydrogen-bond acceptors (Lipinski definition) is 2. The van der Waals surface area contributed by atoms with E-state index in [0.717, 1.165) is 6.54 Å². The zero-order valence-electron chi connectivity index (χ0n) is 15.0. The average molecular weight is 301 g/mol. The first-order valence-electron chi connectivity index (χ1n) is 7.88. The van der Waals surface area contributed by atoms with E-state index in [0.29, 0.717) is 18.3 Å². The van der Waals surface area contributed by atoms with Crippen molar-refractivity contribution in [3.8, 4) is 0 Å². The maximum absolute atomic E-state index is 11.0. The van der Waals surface area contributed by atoms with Gasteiger partial charge in [0, 0.05) is 25.0 Å². The number of urea groups is 1. The van der Waals surface area contributed by atoms with Crippen LogP contribution in [0.3, 0.4) is 0 Å². The van der Waals surface area contributed by atoms with Crippen molar-refractivity contribution in [1.29, 1.82) is 0 Å². The first kappa shape index (κ1) is 22.0. The topological polar surface area (TPSA) is 70.2 Å². The van der Waals surface area contributed by atoms with E-state index in [4.69, 9.17) is 0 Å². The van der Waals surface area contributed by atoms with Gasteiger partial charge in [0.15, 0.2) is 0 Å². The fraction of sp³-hybridized carbons (Fsp3) is 0.875. The molecule has 0 aromatic heterocycles. The van der Waals surface area contributed by atoms with Crippen molar-refractivity contribution in [1.82, 2.24) is 16.0 Å². The van der Waals surface area contributed by atoms with Crippen LogP contribution in [-0.4, -0.2) is 30.6 Å². The van der Waals surface area contributed by atoms with E-state index >= 15 is 0 Å². The Morgan fingerprint density at radius 2 is 1.24 bits per heavy atom. The van der Waals surface area contributed by atoms with Gasteiger partial charge in [0.1, 0.15) is 0 Å². The summed E-state index contributed by atoms with van der Waals surface area (Å²) in [5, 5.41) is 8.35. The van der Waals surface area contributed by atoms with Gasteiger partial charge >= 0.3 is 6.03 Å². The number of nitrogens with one attached hydrogen (secondary N) is 3. The van der Waals surface area contributed by atoms with Gasteiger partial charge in [-0.25, -0.2) is 4.79 Å². The van der Waals surface area contributed by atoms with E-state index in [9.17, 15) is 9.59 Å². The van der Waals surface area contributed by atoms with E-state index in [2.05, 4.69) is 29.8 Å². The molecule has 5 nitrogen and oxygen atoms in total. The molecule has 3 amide bonds. The molecule has 0 aromatic rings. The lowest BCUT2D eigenvalue weighted by atomic mass is 10.1. The highest BCUT2D eigenvalue weighted by molar-refractivity contribution is 5.76. The molecule has 0 heterocycles. The summed E-state index contributed by atoms with van der Waals surface area (Å²) in [5.74, 6) is 1.12. The van der Waals surface area contributed by atoms with Gasteiger partial charge in [0.2, 0.25) is 5.91 Å². The van der Waals surface area contributed by atoms with Gasteiger partial charge in [0.25, 0.3) is 0 Å². The van der Waals surface area contributed by atoms with Gasteiger partial charge in [-0.3, -0.25) is 4.79 Å². The Bertz CT molecular complexity index is 275. The smallest absolute Gasteiger partial charge is 0.314 e. The second kappa shape index (κ2) is 12.5. The molecule has 0 aliphatic carbocycles. The SMILES string of the molecule is CC(C)CC(=O)NC(C)C.CC(C)CNC(=O)NC(C)C. The third-order valence-corrected chi connectivity index (χ3v) is 2.13. The second-order valence-electron chi connectivity index (χ2n) is 6.72. The van der Waals surface area contributed by atoms with Gasteiger partial charge in [-0.05, 0) is 39.5 Å². The predicted octanol–water partition coefficient (Wildman–Crippen LogP) is 2.91. The molecule has 0 spiro atoms. The van der Waals surface area contributed by atoms with Crippen molar-refractivity contribution in [3.05, 3.63) is 0 Å². The van der Waals surface area contributed by atoms with Crippen molar-refractivity contribution in [2.75, 3.05) is 6.54 Å². The predicted molar refractivity (Wildman–Crippen MR) is 89.2 cm³/mol. The number of carbonyl (C=O) groups is 2. The van der Waals surface area contributed by atoms with Gasteiger partial charge in [-0.1, -0.05) is 27.7 Å². The number of carbonyl (C=O) groups excluding carboxylic acids is 2. The molecule has 0 fully saturated rings. The van der Waals surface area contributed by atoms with Crippen molar-refractivity contribution in [3.63, 3.8) is 0 Å². The van der Waals surface area contributed by atoms with Crippen LogP contribution in [-0.2, 0) is 4.79 Å². The maximum Gasteiger partial charge on any atom is 0.314 e. The van der Waals surface area contributed by atoms with Gasteiger partial charge < -0.3 is 16.0 Å². The third-order valence-electron chi connectivity index (χ3n) is 2.13. The van der Waals surface area contributed by atoms with Crippen LogP contribution in [0.5, 0.6) is 0 Å². The van der Waals surface area contributed by atoms with E-state index in [-0.39, 0.29) is 24.0 Å². The largest absolute Gasteiger partial charge is 0.354 e. The van der Waals surface area contributed by atoms with Crippen LogP contribution in [0.4, 0.5) is 4.79 Å². The minimum absolute atomic E-state index is 0.0753. The molecule has 0 aromatic carbocycles. The Labute approximate surface area is 130 Å². The molecule has 0 saturated carbocycles. The number of rotatable bonds is 6. The highest BCUT2D eigenvalue weighted by Gasteiger charge is 2.04. The fourth-order valence-corrected chi connectivity index (χ4v) is 1.36. The van der Waals surface area contributed by atoms with E-state index in [1.807, 2.05) is 41.5 Å². The first-order chi connectivity index (χ1) is 9.54. The van der Waals surface area contributed by atoms with Crippen LogP contribution < -0.4 is 16.0 Å². The summed E-state index contributed by atoms with van der Waals surface area (Å²) in [6, 6.07) is 0.405. The Hall–Kier alpha value is -1.26. The molecular weight excluding hydrogens is 266 g/mol. The molecule has 126 valence electrons. The summed E-state index contributed by atoms with van der Waals surface area (Å²) in [6.07, 6.45) is 0.637. The quantitative estimate of drug-likeness (QED) is 0.706. The lowest BCUT2D eigenvalue weighted by molar-refractivity contribution is -0.122. The normalized spacial score (nSPS) is 10.5. The zero-order chi connectivity index (χ0) is 17.0. The highest BCUT2D eigenvalue weighted by Crippen LogP contribution is 1.98. The molecule has 21 heavy (non-hydrogen) atoms. The molecule has 0 saturated heterocycles. The summed E-state index contributed by atoms with van der Waals surface area (Å²) >= 11 is 0. The van der Waals surface area contributed by atoms with E-state index in [1.165, 1.54) is 0 Å². The molecular formula is C16H35N3O2. The summed E-state index contributed by atoms with van der Waals surface area (Å²) < 4.78 is 0. The lowest BCUT2D eigenvalue weighted by Gasteiger charge is -2.11. The minimum atomic E-state index is -0.0753. The summed E-state index contributed by atoms with van der Waals surface area (Å²) in [4.78, 5) is 21.9. The van der Waals surface area contributed by atoms with Crippen LogP contribution in [0.2, 0.25) is 0 Å². The molecule has 0 atom stereocenters. The molecule has 0 unspecified atom stereocenters. The van der Waals surface area contributed by atoms with Crippen molar-refractivity contribution in [2.24, 2.45) is 11.8 Å².